The summed E-state index contributed by atoms with van der Waals surface area (Å²) in [4.78, 5) is 17.1. The predicted octanol–water partition coefficient (Wildman–Crippen LogP) is 4.70. The molecule has 2 aromatic heterocycles. The van der Waals surface area contributed by atoms with Crippen molar-refractivity contribution in [3.8, 4) is 0 Å². The van der Waals surface area contributed by atoms with Crippen LogP contribution in [0.15, 0.2) is 34.5 Å². The molecule has 1 aliphatic rings. The summed E-state index contributed by atoms with van der Waals surface area (Å²) in [6.07, 6.45) is 1.24. The van der Waals surface area contributed by atoms with E-state index >= 15 is 0 Å². The van der Waals surface area contributed by atoms with E-state index in [1.807, 2.05) is 0 Å². The second-order valence-electron chi connectivity index (χ2n) is 6.38. The van der Waals surface area contributed by atoms with Gasteiger partial charge in [0.25, 0.3) is 10.0 Å². The van der Waals surface area contributed by atoms with Crippen molar-refractivity contribution < 1.29 is 13.2 Å². The quantitative estimate of drug-likeness (QED) is 0.592. The number of aromatic nitrogens is 1. The molecule has 1 unspecified atom stereocenters. The minimum Gasteiger partial charge on any atom is -0.302 e. The molecular formula is C17H15Cl2N3O3S3. The van der Waals surface area contributed by atoms with E-state index in [1.54, 1.807) is 24.3 Å². The Morgan fingerprint density at radius 2 is 2.04 bits per heavy atom. The second-order valence-corrected chi connectivity index (χ2v) is 11.7. The maximum Gasteiger partial charge on any atom is 0.252 e. The van der Waals surface area contributed by atoms with E-state index in [0.717, 1.165) is 21.6 Å². The zero-order valence-electron chi connectivity index (χ0n) is 14.4. The van der Waals surface area contributed by atoms with Gasteiger partial charge in [0, 0.05) is 18.1 Å². The van der Waals surface area contributed by atoms with Crippen LogP contribution in [-0.2, 0) is 14.8 Å². The van der Waals surface area contributed by atoms with Crippen LogP contribution in [0.2, 0.25) is 9.36 Å². The number of amides is 1. The van der Waals surface area contributed by atoms with E-state index in [9.17, 15) is 13.2 Å². The van der Waals surface area contributed by atoms with E-state index in [4.69, 9.17) is 23.2 Å². The first-order chi connectivity index (χ1) is 13.3. The van der Waals surface area contributed by atoms with Gasteiger partial charge in [-0.05, 0) is 43.2 Å². The van der Waals surface area contributed by atoms with Crippen molar-refractivity contribution in [1.82, 2.24) is 9.29 Å². The number of thiazole rings is 1. The molecule has 1 fully saturated rings. The van der Waals surface area contributed by atoms with Crippen molar-refractivity contribution in [1.29, 1.82) is 0 Å². The lowest BCUT2D eigenvalue weighted by atomic mass is 9.99. The normalized spacial score (nSPS) is 18.4. The van der Waals surface area contributed by atoms with Crippen molar-refractivity contribution in [2.75, 3.05) is 18.4 Å². The maximum absolute atomic E-state index is 12.8. The molecule has 4 rings (SSSR count). The molecule has 0 saturated carbocycles. The lowest BCUT2D eigenvalue weighted by Gasteiger charge is -2.30. The Kier molecular flexibility index (Phi) is 5.65. The highest BCUT2D eigenvalue weighted by Gasteiger charge is 2.34. The number of hydrogen-bond donors (Lipinski definition) is 1. The number of halogens is 2. The molecule has 6 nitrogen and oxygen atoms in total. The topological polar surface area (TPSA) is 79.4 Å². The zero-order chi connectivity index (χ0) is 19.9. The molecule has 1 amide bonds. The Bertz CT molecular complexity index is 1140. The van der Waals surface area contributed by atoms with Crippen LogP contribution in [0.25, 0.3) is 10.2 Å². The Labute approximate surface area is 180 Å². The molecule has 0 aliphatic carbocycles. The van der Waals surface area contributed by atoms with E-state index in [2.05, 4.69) is 10.3 Å². The Balaban J connectivity index is 1.48. The fourth-order valence-electron chi connectivity index (χ4n) is 3.10. The number of rotatable bonds is 4. The van der Waals surface area contributed by atoms with Gasteiger partial charge in [-0.25, -0.2) is 13.4 Å². The van der Waals surface area contributed by atoms with Crippen LogP contribution in [0.4, 0.5) is 5.13 Å². The summed E-state index contributed by atoms with van der Waals surface area (Å²) < 4.78 is 28.5. The van der Waals surface area contributed by atoms with Crippen molar-refractivity contribution >= 4 is 77.2 Å². The number of nitrogens with zero attached hydrogens (tertiary/aromatic N) is 2. The summed E-state index contributed by atoms with van der Waals surface area (Å²) in [5, 5.41) is 3.91. The first-order valence-electron chi connectivity index (χ1n) is 8.45. The molecule has 148 valence electrons. The molecule has 1 aliphatic heterocycles. The molecule has 3 heterocycles. The Morgan fingerprint density at radius 3 is 2.79 bits per heavy atom. The third kappa shape index (κ3) is 4.05. The summed E-state index contributed by atoms with van der Waals surface area (Å²) in [6, 6.07) is 8.40. The van der Waals surface area contributed by atoms with Crippen molar-refractivity contribution in [3.05, 3.63) is 39.7 Å². The van der Waals surface area contributed by atoms with Crippen molar-refractivity contribution in [3.63, 3.8) is 0 Å². The van der Waals surface area contributed by atoms with E-state index < -0.39 is 15.9 Å². The average Bonchev–Trinajstić information content (AvgIpc) is 3.27. The number of carbonyl (C=O) groups excluding carboxylic acids is 1. The average molecular weight is 476 g/mol. The molecule has 0 spiro atoms. The first kappa shape index (κ1) is 20.1. The predicted molar refractivity (Wildman–Crippen MR) is 114 cm³/mol. The fraction of sp³-hybridized carbons (Fsp3) is 0.294. The molecule has 0 radical (unpaired) electrons. The van der Waals surface area contributed by atoms with Crippen molar-refractivity contribution in [2.45, 2.75) is 17.1 Å². The summed E-state index contributed by atoms with van der Waals surface area (Å²) >= 11 is 14.2. The standard InChI is InChI=1S/C17H15Cl2N3O3S3/c18-11-3-4-12-13(8-11)26-17(20-12)21-16(23)10-2-1-7-22(9-10)28(24,25)15-6-5-14(19)27-15/h3-6,8,10H,1-2,7,9H2,(H,20,21,23). The SMILES string of the molecule is O=C(Nc1nc2ccc(Cl)cc2s1)C1CCCN(S(=O)(=O)c2ccc(Cl)s2)C1. The number of anilines is 1. The lowest BCUT2D eigenvalue weighted by molar-refractivity contribution is -0.120. The Hall–Kier alpha value is -1.23. The van der Waals surface area contributed by atoms with Crippen LogP contribution in [0.1, 0.15) is 12.8 Å². The van der Waals surface area contributed by atoms with Gasteiger partial charge in [-0.2, -0.15) is 4.31 Å². The molecule has 1 atom stereocenters. The van der Waals surface area contributed by atoms with Gasteiger partial charge in [-0.1, -0.05) is 34.5 Å². The van der Waals surface area contributed by atoms with Gasteiger partial charge in [0.05, 0.1) is 20.5 Å². The van der Waals surface area contributed by atoms with Crippen LogP contribution in [0, 0.1) is 5.92 Å². The van der Waals surface area contributed by atoms with Gasteiger partial charge < -0.3 is 5.32 Å². The number of piperidine rings is 1. The molecule has 1 aromatic carbocycles. The number of fused-ring (bicyclic) bond motifs is 1. The molecule has 1 N–H and O–H groups in total. The second kappa shape index (κ2) is 7.89. The van der Waals surface area contributed by atoms with Crippen LogP contribution >= 0.6 is 45.9 Å². The highest BCUT2D eigenvalue weighted by molar-refractivity contribution is 7.91. The van der Waals surface area contributed by atoms with Gasteiger partial charge >= 0.3 is 0 Å². The molecule has 0 bridgehead atoms. The molecule has 1 saturated heterocycles. The molecular weight excluding hydrogens is 461 g/mol. The highest BCUT2D eigenvalue weighted by atomic mass is 35.5. The third-order valence-corrected chi connectivity index (χ3v) is 9.21. The van der Waals surface area contributed by atoms with Gasteiger partial charge in [-0.15, -0.1) is 11.3 Å². The van der Waals surface area contributed by atoms with Crippen LogP contribution < -0.4 is 5.32 Å². The summed E-state index contributed by atoms with van der Waals surface area (Å²) in [6.45, 7) is 0.529. The molecule has 11 heteroatoms. The van der Waals surface area contributed by atoms with Gasteiger partial charge in [0.2, 0.25) is 5.91 Å². The number of thiophene rings is 1. The van der Waals surface area contributed by atoms with Crippen LogP contribution in [0.3, 0.4) is 0 Å². The number of hydrogen-bond acceptors (Lipinski definition) is 6. The fourth-order valence-corrected chi connectivity index (χ4v) is 7.40. The molecule has 28 heavy (non-hydrogen) atoms. The number of nitrogens with one attached hydrogen (secondary N) is 1. The van der Waals surface area contributed by atoms with Gasteiger partial charge in [0.1, 0.15) is 4.21 Å². The number of carbonyl (C=O) groups is 1. The lowest BCUT2D eigenvalue weighted by Crippen LogP contribution is -2.43. The summed E-state index contributed by atoms with van der Waals surface area (Å²) in [7, 11) is -3.65. The van der Waals surface area contributed by atoms with Crippen LogP contribution in [0.5, 0.6) is 0 Å². The van der Waals surface area contributed by atoms with Gasteiger partial charge in [0.15, 0.2) is 5.13 Å². The maximum atomic E-state index is 12.8. The van der Waals surface area contributed by atoms with E-state index in [1.165, 1.54) is 21.7 Å². The van der Waals surface area contributed by atoms with E-state index in [0.29, 0.717) is 33.9 Å². The Morgan fingerprint density at radius 1 is 1.21 bits per heavy atom. The zero-order valence-corrected chi connectivity index (χ0v) is 18.4. The van der Waals surface area contributed by atoms with Gasteiger partial charge in [-0.3, -0.25) is 4.79 Å². The van der Waals surface area contributed by atoms with E-state index in [-0.39, 0.29) is 16.7 Å². The highest BCUT2D eigenvalue weighted by Crippen LogP contribution is 2.32. The summed E-state index contributed by atoms with van der Waals surface area (Å²) in [5.41, 5.74) is 0.757. The largest absolute Gasteiger partial charge is 0.302 e. The molecule has 3 aromatic rings. The first-order valence-corrected chi connectivity index (χ1v) is 12.3. The number of sulfonamides is 1. The minimum absolute atomic E-state index is 0.139. The monoisotopic (exact) mass is 475 g/mol. The summed E-state index contributed by atoms with van der Waals surface area (Å²) in [5.74, 6) is -0.663. The minimum atomic E-state index is -3.65. The smallest absolute Gasteiger partial charge is 0.252 e. The van der Waals surface area contributed by atoms with Crippen LogP contribution in [-0.4, -0.2) is 36.7 Å². The third-order valence-electron chi connectivity index (χ3n) is 4.48. The number of benzene rings is 1. The van der Waals surface area contributed by atoms with Crippen molar-refractivity contribution in [2.24, 2.45) is 5.92 Å².